The summed E-state index contributed by atoms with van der Waals surface area (Å²) in [7, 11) is 0. The summed E-state index contributed by atoms with van der Waals surface area (Å²) in [5.41, 5.74) is 0.653. The van der Waals surface area contributed by atoms with Gasteiger partial charge in [-0.3, -0.25) is 14.5 Å². The van der Waals surface area contributed by atoms with Crippen molar-refractivity contribution in [1.82, 2.24) is 4.90 Å². The number of nitrogens with one attached hydrogen (secondary N) is 1. The lowest BCUT2D eigenvalue weighted by Gasteiger charge is -2.18. The molecule has 1 aliphatic heterocycles. The zero-order valence-corrected chi connectivity index (χ0v) is 15.4. The third kappa shape index (κ3) is 3.46. The maximum Gasteiger partial charge on any atom is 0.416 e. The minimum atomic E-state index is -4.51. The number of benzene rings is 2. The molecule has 1 N–H and O–H groups in total. The molecule has 0 aliphatic carbocycles. The largest absolute Gasteiger partial charge is 0.416 e. The zero-order chi connectivity index (χ0) is 19.1. The SMILES string of the molecule is C=C1c2ccccc2C(=O)N1CC(=O)Nc1cc(C(F)(F)F)ccc1I. The van der Waals surface area contributed by atoms with Crippen LogP contribution in [-0.2, 0) is 11.0 Å². The zero-order valence-electron chi connectivity index (χ0n) is 13.2. The van der Waals surface area contributed by atoms with Crippen LogP contribution in [-0.4, -0.2) is 23.3 Å². The molecule has 0 atom stereocenters. The molecular formula is C18H12F3IN2O2. The number of nitrogens with zero attached hydrogens (tertiary/aromatic N) is 1. The van der Waals surface area contributed by atoms with E-state index >= 15 is 0 Å². The lowest BCUT2D eigenvalue weighted by Crippen LogP contribution is -2.33. The smallest absolute Gasteiger partial charge is 0.324 e. The van der Waals surface area contributed by atoms with Crippen LogP contribution < -0.4 is 5.32 Å². The molecule has 3 rings (SSSR count). The standard InChI is InChI=1S/C18H12F3IN2O2/c1-10-12-4-2-3-5-13(12)17(26)24(10)9-16(25)23-15-8-11(18(19,20)21)6-7-14(15)22/h2-8H,1,9H2,(H,23,25). The number of carbonyl (C=O) groups excluding carboxylic acids is 2. The Hall–Kier alpha value is -2.36. The predicted octanol–water partition coefficient (Wildman–Crippen LogP) is 4.38. The fourth-order valence-electron chi connectivity index (χ4n) is 2.63. The van der Waals surface area contributed by atoms with E-state index in [9.17, 15) is 22.8 Å². The Bertz CT molecular complexity index is 890. The summed E-state index contributed by atoms with van der Waals surface area (Å²) in [5.74, 6) is -0.968. The van der Waals surface area contributed by atoms with Gasteiger partial charge in [-0.2, -0.15) is 13.2 Å². The van der Waals surface area contributed by atoms with Crippen molar-refractivity contribution in [2.45, 2.75) is 6.18 Å². The first-order valence-corrected chi connectivity index (χ1v) is 8.53. The maximum absolute atomic E-state index is 12.8. The second-order valence-electron chi connectivity index (χ2n) is 5.62. The lowest BCUT2D eigenvalue weighted by molar-refractivity contribution is -0.137. The van der Waals surface area contributed by atoms with Crippen molar-refractivity contribution in [3.05, 3.63) is 69.3 Å². The van der Waals surface area contributed by atoms with Gasteiger partial charge in [-0.1, -0.05) is 24.8 Å². The van der Waals surface area contributed by atoms with Crippen LogP contribution >= 0.6 is 22.6 Å². The van der Waals surface area contributed by atoms with Gasteiger partial charge in [-0.25, -0.2) is 0 Å². The number of hydrogen-bond acceptors (Lipinski definition) is 2. The third-order valence-corrected chi connectivity index (χ3v) is 4.85. The van der Waals surface area contributed by atoms with Crippen LogP contribution in [0.1, 0.15) is 21.5 Å². The van der Waals surface area contributed by atoms with Gasteiger partial charge in [0.05, 0.1) is 11.3 Å². The number of carbonyl (C=O) groups is 2. The van der Waals surface area contributed by atoms with Gasteiger partial charge in [-0.05, 0) is 46.9 Å². The van der Waals surface area contributed by atoms with E-state index < -0.39 is 17.6 Å². The van der Waals surface area contributed by atoms with E-state index in [1.54, 1.807) is 24.3 Å². The monoisotopic (exact) mass is 472 g/mol. The molecule has 0 saturated heterocycles. The van der Waals surface area contributed by atoms with E-state index in [1.165, 1.54) is 11.0 Å². The molecule has 8 heteroatoms. The van der Waals surface area contributed by atoms with E-state index in [1.807, 2.05) is 22.6 Å². The first-order chi connectivity index (χ1) is 12.2. The Morgan fingerprint density at radius 3 is 2.42 bits per heavy atom. The van der Waals surface area contributed by atoms with E-state index in [0.717, 1.165) is 12.1 Å². The fraction of sp³-hybridized carbons (Fsp3) is 0.111. The summed E-state index contributed by atoms with van der Waals surface area (Å²) in [6.07, 6.45) is -4.51. The van der Waals surface area contributed by atoms with Crippen molar-refractivity contribution in [3.8, 4) is 0 Å². The number of hydrogen-bond donors (Lipinski definition) is 1. The molecule has 0 bridgehead atoms. The first-order valence-electron chi connectivity index (χ1n) is 7.45. The molecule has 1 aliphatic rings. The highest BCUT2D eigenvalue weighted by molar-refractivity contribution is 14.1. The Morgan fingerprint density at radius 2 is 1.81 bits per heavy atom. The quantitative estimate of drug-likeness (QED) is 0.675. The van der Waals surface area contributed by atoms with Crippen LogP contribution in [0.5, 0.6) is 0 Å². The molecule has 0 spiro atoms. The van der Waals surface area contributed by atoms with Crippen LogP contribution in [0, 0.1) is 3.57 Å². The summed E-state index contributed by atoms with van der Waals surface area (Å²) in [6, 6.07) is 9.91. The Kier molecular flexibility index (Phi) is 4.78. The number of fused-ring (bicyclic) bond motifs is 1. The van der Waals surface area contributed by atoms with Crippen molar-refractivity contribution in [1.29, 1.82) is 0 Å². The van der Waals surface area contributed by atoms with Crippen LogP contribution in [0.2, 0.25) is 0 Å². The van der Waals surface area contributed by atoms with Crippen molar-refractivity contribution in [2.24, 2.45) is 0 Å². The minimum Gasteiger partial charge on any atom is -0.324 e. The number of alkyl halides is 3. The van der Waals surface area contributed by atoms with Gasteiger partial charge in [0, 0.05) is 20.4 Å². The highest BCUT2D eigenvalue weighted by atomic mass is 127. The Morgan fingerprint density at radius 1 is 1.15 bits per heavy atom. The molecule has 0 fully saturated rings. The molecule has 0 unspecified atom stereocenters. The van der Waals surface area contributed by atoms with Crippen molar-refractivity contribution in [3.63, 3.8) is 0 Å². The Labute approximate surface area is 160 Å². The van der Waals surface area contributed by atoms with E-state index in [4.69, 9.17) is 0 Å². The number of rotatable bonds is 3. The predicted molar refractivity (Wildman–Crippen MR) is 99.3 cm³/mol. The molecular weight excluding hydrogens is 460 g/mol. The molecule has 1 heterocycles. The van der Waals surface area contributed by atoms with Gasteiger partial charge in [0.1, 0.15) is 6.54 Å². The van der Waals surface area contributed by atoms with Crippen molar-refractivity contribution >= 4 is 45.8 Å². The van der Waals surface area contributed by atoms with Crippen LogP contribution in [0.15, 0.2) is 49.0 Å². The van der Waals surface area contributed by atoms with Gasteiger partial charge in [-0.15, -0.1) is 0 Å². The highest BCUT2D eigenvalue weighted by Gasteiger charge is 2.33. The average Bonchev–Trinajstić information content (AvgIpc) is 2.81. The van der Waals surface area contributed by atoms with Gasteiger partial charge >= 0.3 is 6.18 Å². The molecule has 2 aromatic rings. The number of amides is 2. The summed E-state index contributed by atoms with van der Waals surface area (Å²) < 4.78 is 39.0. The van der Waals surface area contributed by atoms with Gasteiger partial charge < -0.3 is 5.32 Å². The molecule has 4 nitrogen and oxygen atoms in total. The van der Waals surface area contributed by atoms with E-state index in [2.05, 4.69) is 11.9 Å². The molecule has 0 radical (unpaired) electrons. The average molecular weight is 472 g/mol. The normalized spacial score (nSPS) is 13.8. The summed E-state index contributed by atoms with van der Waals surface area (Å²) in [4.78, 5) is 25.9. The molecule has 0 saturated carbocycles. The maximum atomic E-state index is 12.8. The lowest BCUT2D eigenvalue weighted by atomic mass is 10.1. The third-order valence-electron chi connectivity index (χ3n) is 3.91. The molecule has 2 aromatic carbocycles. The number of anilines is 1. The van der Waals surface area contributed by atoms with E-state index in [0.29, 0.717) is 20.4 Å². The summed E-state index contributed by atoms with van der Waals surface area (Å²) in [5, 5.41) is 2.44. The number of halogens is 4. The van der Waals surface area contributed by atoms with Gasteiger partial charge in [0.2, 0.25) is 5.91 Å². The van der Waals surface area contributed by atoms with Crippen LogP contribution in [0.3, 0.4) is 0 Å². The van der Waals surface area contributed by atoms with Gasteiger partial charge in [0.15, 0.2) is 0 Å². The molecule has 134 valence electrons. The van der Waals surface area contributed by atoms with Crippen LogP contribution in [0.25, 0.3) is 5.70 Å². The highest BCUT2D eigenvalue weighted by Crippen LogP contribution is 2.33. The Balaban J connectivity index is 1.77. The van der Waals surface area contributed by atoms with Gasteiger partial charge in [0.25, 0.3) is 5.91 Å². The van der Waals surface area contributed by atoms with Crippen molar-refractivity contribution < 1.29 is 22.8 Å². The fourth-order valence-corrected chi connectivity index (χ4v) is 3.10. The topological polar surface area (TPSA) is 49.4 Å². The first kappa shape index (κ1) is 18.4. The van der Waals surface area contributed by atoms with E-state index in [-0.39, 0.29) is 18.1 Å². The summed E-state index contributed by atoms with van der Waals surface area (Å²) >= 11 is 1.83. The second kappa shape index (κ2) is 6.75. The van der Waals surface area contributed by atoms with Crippen LogP contribution in [0.4, 0.5) is 18.9 Å². The minimum absolute atomic E-state index is 0.0418. The van der Waals surface area contributed by atoms with Crippen molar-refractivity contribution in [2.75, 3.05) is 11.9 Å². The second-order valence-corrected chi connectivity index (χ2v) is 6.79. The summed E-state index contributed by atoms with van der Waals surface area (Å²) in [6.45, 7) is 3.49. The molecule has 26 heavy (non-hydrogen) atoms. The molecule has 0 aromatic heterocycles. The molecule has 2 amide bonds.